The van der Waals surface area contributed by atoms with E-state index in [9.17, 15) is 8.42 Å². The van der Waals surface area contributed by atoms with E-state index in [1.54, 1.807) is 19.2 Å². The van der Waals surface area contributed by atoms with Gasteiger partial charge in [-0.05, 0) is 56.2 Å². The van der Waals surface area contributed by atoms with Crippen LogP contribution in [-0.2, 0) is 10.0 Å². The molecule has 1 unspecified atom stereocenters. The lowest BCUT2D eigenvalue weighted by Gasteiger charge is -2.39. The van der Waals surface area contributed by atoms with Crippen molar-refractivity contribution < 1.29 is 13.2 Å². The van der Waals surface area contributed by atoms with Gasteiger partial charge in [-0.2, -0.15) is 0 Å². The Morgan fingerprint density at radius 1 is 1.03 bits per heavy atom. The highest BCUT2D eigenvalue weighted by Gasteiger charge is 2.23. The zero-order valence-corrected chi connectivity index (χ0v) is 18.5. The lowest BCUT2D eigenvalue weighted by Crippen LogP contribution is -2.52. The van der Waals surface area contributed by atoms with Crippen LogP contribution >= 0.6 is 0 Å². The molecule has 3 rings (SSSR count). The summed E-state index contributed by atoms with van der Waals surface area (Å²) >= 11 is 0. The maximum Gasteiger partial charge on any atom is 0.240 e. The van der Waals surface area contributed by atoms with Crippen molar-refractivity contribution in [1.82, 2.24) is 9.62 Å². The van der Waals surface area contributed by atoms with Gasteiger partial charge in [0.15, 0.2) is 0 Å². The normalized spacial score (nSPS) is 16.6. The van der Waals surface area contributed by atoms with E-state index in [-0.39, 0.29) is 10.9 Å². The number of piperazine rings is 1. The summed E-state index contributed by atoms with van der Waals surface area (Å²) < 4.78 is 33.7. The van der Waals surface area contributed by atoms with Gasteiger partial charge in [-0.15, -0.1) is 0 Å². The molecule has 0 saturated carbocycles. The minimum Gasteiger partial charge on any atom is -0.496 e. The molecule has 29 heavy (non-hydrogen) atoms. The first-order valence-corrected chi connectivity index (χ1v) is 11.5. The third-order valence-corrected chi connectivity index (χ3v) is 6.98. The van der Waals surface area contributed by atoms with Gasteiger partial charge in [0.05, 0.1) is 12.0 Å². The molecule has 2 aromatic carbocycles. The van der Waals surface area contributed by atoms with Crippen molar-refractivity contribution in [1.29, 1.82) is 0 Å². The van der Waals surface area contributed by atoms with Crippen LogP contribution in [0.2, 0.25) is 0 Å². The molecule has 2 aromatic rings. The molecule has 158 valence electrons. The minimum atomic E-state index is -3.56. The number of ether oxygens (including phenoxy) is 1. The fraction of sp³-hybridized carbons (Fsp3) is 0.455. The Morgan fingerprint density at radius 2 is 1.62 bits per heavy atom. The molecule has 6 nitrogen and oxygen atoms in total. The Morgan fingerprint density at radius 3 is 2.17 bits per heavy atom. The Hall–Kier alpha value is -2.09. The molecule has 0 aliphatic carbocycles. The number of sulfonamides is 1. The highest BCUT2D eigenvalue weighted by atomic mass is 32.2. The number of anilines is 1. The van der Waals surface area contributed by atoms with Crippen LogP contribution in [0.15, 0.2) is 47.4 Å². The molecular weight excluding hydrogens is 386 g/mol. The molecule has 1 atom stereocenters. The van der Waals surface area contributed by atoms with Gasteiger partial charge in [-0.3, -0.25) is 4.90 Å². The fourth-order valence-electron chi connectivity index (χ4n) is 3.89. The van der Waals surface area contributed by atoms with E-state index in [4.69, 9.17) is 4.74 Å². The van der Waals surface area contributed by atoms with Crippen LogP contribution in [0.5, 0.6) is 5.75 Å². The molecule has 1 saturated heterocycles. The first kappa shape index (κ1) is 21.6. The van der Waals surface area contributed by atoms with Gasteiger partial charge in [-0.25, -0.2) is 13.1 Å². The summed E-state index contributed by atoms with van der Waals surface area (Å²) in [6.07, 6.45) is 0. The average Bonchev–Trinajstić information content (AvgIpc) is 2.72. The van der Waals surface area contributed by atoms with Crippen LogP contribution in [0.4, 0.5) is 5.69 Å². The quantitative estimate of drug-likeness (QED) is 0.751. The maximum atomic E-state index is 12.8. The van der Waals surface area contributed by atoms with Crippen molar-refractivity contribution in [2.75, 3.05) is 44.7 Å². The van der Waals surface area contributed by atoms with Crippen LogP contribution < -0.4 is 14.4 Å². The van der Waals surface area contributed by atoms with Gasteiger partial charge in [-0.1, -0.05) is 18.2 Å². The third-order valence-electron chi connectivity index (χ3n) is 5.58. The van der Waals surface area contributed by atoms with E-state index in [1.165, 1.54) is 5.69 Å². The number of methoxy groups -OCH3 is 1. The second-order valence-electron chi connectivity index (χ2n) is 7.65. The second kappa shape index (κ2) is 9.15. The Bertz CT molecular complexity index is 901. The Kier molecular flexibility index (Phi) is 6.82. The summed E-state index contributed by atoms with van der Waals surface area (Å²) in [6.45, 7) is 9.90. The van der Waals surface area contributed by atoms with E-state index in [0.29, 0.717) is 6.54 Å². The first-order valence-electron chi connectivity index (χ1n) is 10.0. The molecule has 0 spiro atoms. The van der Waals surface area contributed by atoms with Crippen LogP contribution in [0.1, 0.15) is 18.1 Å². The van der Waals surface area contributed by atoms with Crippen LogP contribution in [-0.4, -0.2) is 59.2 Å². The second-order valence-corrected chi connectivity index (χ2v) is 9.42. The van der Waals surface area contributed by atoms with E-state index in [1.807, 2.05) is 19.9 Å². The van der Waals surface area contributed by atoms with Crippen molar-refractivity contribution in [3.8, 4) is 5.75 Å². The van der Waals surface area contributed by atoms with Gasteiger partial charge < -0.3 is 9.64 Å². The molecule has 0 aromatic heterocycles. The fourth-order valence-corrected chi connectivity index (χ4v) is 5.18. The van der Waals surface area contributed by atoms with Gasteiger partial charge >= 0.3 is 0 Å². The summed E-state index contributed by atoms with van der Waals surface area (Å²) in [4.78, 5) is 5.00. The molecular formula is C22H31N3O3S. The summed E-state index contributed by atoms with van der Waals surface area (Å²) in [5.74, 6) is 0.730. The molecule has 1 fully saturated rings. The zero-order valence-electron chi connectivity index (χ0n) is 17.7. The number of para-hydroxylation sites is 1. The molecule has 0 amide bonds. The number of nitrogens with zero attached hydrogens (tertiary/aromatic N) is 2. The summed E-state index contributed by atoms with van der Waals surface area (Å²) in [5, 5.41) is 0. The summed E-state index contributed by atoms with van der Waals surface area (Å²) in [6, 6.07) is 13.9. The number of benzene rings is 2. The minimum absolute atomic E-state index is 0.128. The largest absolute Gasteiger partial charge is 0.496 e. The van der Waals surface area contributed by atoms with Crippen molar-refractivity contribution in [3.05, 3.63) is 53.6 Å². The van der Waals surface area contributed by atoms with Crippen molar-refractivity contribution in [2.45, 2.75) is 31.7 Å². The topological polar surface area (TPSA) is 61.9 Å². The molecule has 0 bridgehead atoms. The third kappa shape index (κ3) is 5.10. The van der Waals surface area contributed by atoms with Gasteiger partial charge in [0.25, 0.3) is 0 Å². The lowest BCUT2D eigenvalue weighted by molar-refractivity contribution is 0.198. The summed E-state index contributed by atoms with van der Waals surface area (Å²) in [5.41, 5.74) is 2.88. The van der Waals surface area contributed by atoms with Crippen LogP contribution in [0.3, 0.4) is 0 Å². The maximum absolute atomic E-state index is 12.8. The Balaban J connectivity index is 1.57. The zero-order chi connectivity index (χ0) is 21.0. The van der Waals surface area contributed by atoms with Gasteiger partial charge in [0, 0.05) is 44.5 Å². The van der Waals surface area contributed by atoms with E-state index in [0.717, 1.165) is 43.1 Å². The SMILES string of the molecule is COc1c(C)cc(S(=O)(=O)NCC(C)N2CCN(c3ccccc3)CC2)cc1C. The monoisotopic (exact) mass is 417 g/mol. The smallest absolute Gasteiger partial charge is 0.240 e. The highest BCUT2D eigenvalue weighted by molar-refractivity contribution is 7.89. The molecule has 1 heterocycles. The van der Waals surface area contributed by atoms with Gasteiger partial charge in [0.1, 0.15) is 5.75 Å². The Labute approximate surface area is 174 Å². The first-order chi connectivity index (χ1) is 13.8. The average molecular weight is 418 g/mol. The number of nitrogens with one attached hydrogen (secondary N) is 1. The number of hydrogen-bond acceptors (Lipinski definition) is 5. The van der Waals surface area contributed by atoms with E-state index in [2.05, 4.69) is 45.7 Å². The van der Waals surface area contributed by atoms with Crippen LogP contribution in [0.25, 0.3) is 0 Å². The molecule has 0 radical (unpaired) electrons. The van der Waals surface area contributed by atoms with E-state index < -0.39 is 10.0 Å². The number of rotatable bonds is 7. The predicted octanol–water partition coefficient (Wildman–Crippen LogP) is 2.80. The predicted molar refractivity (Wildman–Crippen MR) is 117 cm³/mol. The molecule has 1 aliphatic rings. The van der Waals surface area contributed by atoms with Crippen molar-refractivity contribution >= 4 is 15.7 Å². The highest BCUT2D eigenvalue weighted by Crippen LogP contribution is 2.26. The van der Waals surface area contributed by atoms with Gasteiger partial charge in [0.2, 0.25) is 10.0 Å². The van der Waals surface area contributed by atoms with Crippen LogP contribution in [0, 0.1) is 13.8 Å². The lowest BCUT2D eigenvalue weighted by atomic mass is 10.1. The van der Waals surface area contributed by atoms with Crippen molar-refractivity contribution in [3.63, 3.8) is 0 Å². The summed E-state index contributed by atoms with van der Waals surface area (Å²) in [7, 11) is -1.96. The number of aryl methyl sites for hydroxylation is 2. The standard InChI is InChI=1S/C22H31N3O3S/c1-17-14-21(15-18(2)22(17)28-4)29(26,27)23-16-19(3)24-10-12-25(13-11-24)20-8-6-5-7-9-20/h5-9,14-15,19,23H,10-13,16H2,1-4H3. The van der Waals surface area contributed by atoms with E-state index >= 15 is 0 Å². The van der Waals surface area contributed by atoms with Crippen molar-refractivity contribution in [2.24, 2.45) is 0 Å². The molecule has 1 aliphatic heterocycles. The number of hydrogen-bond donors (Lipinski definition) is 1. The molecule has 1 N–H and O–H groups in total. The molecule has 7 heteroatoms.